The number of rotatable bonds is 9. The number of benzene rings is 1. The predicted molar refractivity (Wildman–Crippen MR) is 155 cm³/mol. The molecule has 0 bridgehead atoms. The Morgan fingerprint density at radius 3 is 2.17 bits per heavy atom. The van der Waals surface area contributed by atoms with E-state index in [0.717, 1.165) is 19.3 Å². The molecule has 2 aliphatic rings. The fraction of sp³-hybridized carbons (Fsp3) is 0.733. The van der Waals surface area contributed by atoms with Crippen LogP contribution in [-0.4, -0.2) is 46.3 Å². The maximum absolute atomic E-state index is 10.2. The monoisotopic (exact) mass is 532 g/mol. The zero-order valence-corrected chi connectivity index (χ0v) is 26.5. The fourth-order valence-corrected chi connectivity index (χ4v) is 7.61. The molecule has 3 rings (SSSR count). The van der Waals surface area contributed by atoms with Gasteiger partial charge in [-0.3, -0.25) is 0 Å². The highest BCUT2D eigenvalue weighted by molar-refractivity contribution is 6.74. The highest BCUT2D eigenvalue weighted by Gasteiger charge is 2.51. The van der Waals surface area contributed by atoms with Crippen LogP contribution in [0.25, 0.3) is 0 Å². The van der Waals surface area contributed by atoms with Gasteiger partial charge in [0.1, 0.15) is 0 Å². The number of fused-ring (bicyclic) bond motifs is 1. The van der Waals surface area contributed by atoms with Crippen LogP contribution in [0.2, 0.25) is 36.3 Å². The van der Waals surface area contributed by atoms with E-state index in [1.165, 1.54) is 5.56 Å². The van der Waals surface area contributed by atoms with Gasteiger partial charge in [-0.05, 0) is 67.0 Å². The van der Waals surface area contributed by atoms with Crippen LogP contribution < -0.4 is 0 Å². The summed E-state index contributed by atoms with van der Waals surface area (Å²) in [7, 11) is -3.87. The largest absolute Gasteiger partial charge is 0.413 e. The van der Waals surface area contributed by atoms with Crippen LogP contribution in [0.5, 0.6) is 0 Å². The second-order valence-electron chi connectivity index (χ2n) is 14.1. The molecule has 1 saturated carbocycles. The Hall–Kier alpha value is -0.766. The molecule has 1 aromatic rings. The molecule has 36 heavy (non-hydrogen) atoms. The maximum Gasteiger partial charge on any atom is 0.192 e. The standard InChI is InChI=1S/C30H52O4Si2/c1-29(2,3)35(7,8)33-23(17-16-22-14-12-11-13-15-22)18-19-24-25-20-28(31)32-26(25)21-27(24)34-36(9,10)30(4,5)6/h11-15,18-19,23-28,31H,16-17,20-21H2,1-10H3/b19-18+/t23-,24+,25+,26-,27+,28?/m0/s1. The van der Waals surface area contributed by atoms with Gasteiger partial charge in [0, 0.05) is 12.3 Å². The van der Waals surface area contributed by atoms with E-state index in [9.17, 15) is 5.11 Å². The quantitative estimate of drug-likeness (QED) is 0.261. The van der Waals surface area contributed by atoms with Crippen molar-refractivity contribution in [3.05, 3.63) is 48.0 Å². The molecule has 6 atom stereocenters. The molecule has 1 aromatic carbocycles. The van der Waals surface area contributed by atoms with Crippen molar-refractivity contribution in [1.82, 2.24) is 0 Å². The molecule has 4 nitrogen and oxygen atoms in total. The molecule has 1 saturated heterocycles. The first-order valence-electron chi connectivity index (χ1n) is 13.9. The Morgan fingerprint density at radius 2 is 1.58 bits per heavy atom. The fourth-order valence-electron chi connectivity index (χ4n) is 4.94. The summed E-state index contributed by atoms with van der Waals surface area (Å²) < 4.78 is 19.8. The third kappa shape index (κ3) is 7.20. The van der Waals surface area contributed by atoms with Crippen molar-refractivity contribution in [3.8, 4) is 0 Å². The number of aliphatic hydroxyl groups is 1. The first-order valence-corrected chi connectivity index (χ1v) is 19.7. The molecule has 204 valence electrons. The van der Waals surface area contributed by atoms with Gasteiger partial charge in [0.2, 0.25) is 0 Å². The highest BCUT2D eigenvalue weighted by Crippen LogP contribution is 2.48. The van der Waals surface area contributed by atoms with Gasteiger partial charge in [0.25, 0.3) is 0 Å². The van der Waals surface area contributed by atoms with Gasteiger partial charge in [-0.1, -0.05) is 84.0 Å². The molecule has 0 aromatic heterocycles. The molecule has 2 fully saturated rings. The summed E-state index contributed by atoms with van der Waals surface area (Å²) >= 11 is 0. The third-order valence-electron chi connectivity index (χ3n) is 9.28. The van der Waals surface area contributed by atoms with Gasteiger partial charge in [0.15, 0.2) is 22.9 Å². The Balaban J connectivity index is 1.83. The molecule has 1 aliphatic heterocycles. The summed E-state index contributed by atoms with van der Waals surface area (Å²) in [6.07, 6.45) is 7.81. The molecule has 0 spiro atoms. The summed E-state index contributed by atoms with van der Waals surface area (Å²) in [5.74, 6) is 0.539. The predicted octanol–water partition coefficient (Wildman–Crippen LogP) is 7.70. The van der Waals surface area contributed by atoms with Crippen LogP contribution in [0.4, 0.5) is 0 Å². The minimum absolute atomic E-state index is 0.0610. The maximum atomic E-state index is 10.2. The Morgan fingerprint density at radius 1 is 0.972 bits per heavy atom. The van der Waals surface area contributed by atoms with E-state index in [1.807, 2.05) is 0 Å². The summed E-state index contributed by atoms with van der Waals surface area (Å²) in [5, 5.41) is 10.5. The molecule has 6 heteroatoms. The van der Waals surface area contributed by atoms with E-state index in [0.29, 0.717) is 12.3 Å². The van der Waals surface area contributed by atoms with Gasteiger partial charge < -0.3 is 18.7 Å². The number of ether oxygens (including phenoxy) is 1. The van der Waals surface area contributed by atoms with E-state index in [4.69, 9.17) is 13.6 Å². The Kier molecular flexibility index (Phi) is 9.22. The average Bonchev–Trinajstić information content (AvgIpc) is 3.24. The normalized spacial score (nSPS) is 28.6. The lowest BCUT2D eigenvalue weighted by atomic mass is 9.91. The van der Waals surface area contributed by atoms with Crippen LogP contribution in [-0.2, 0) is 20.0 Å². The van der Waals surface area contributed by atoms with Crippen LogP contribution in [0.3, 0.4) is 0 Å². The van der Waals surface area contributed by atoms with Crippen LogP contribution in [0, 0.1) is 11.8 Å². The zero-order chi connectivity index (χ0) is 26.9. The molecule has 1 N–H and O–H groups in total. The molecule has 0 amide bonds. The van der Waals surface area contributed by atoms with Crippen molar-refractivity contribution >= 4 is 16.6 Å². The van der Waals surface area contributed by atoms with Gasteiger partial charge in [-0.15, -0.1) is 0 Å². The van der Waals surface area contributed by atoms with Gasteiger partial charge >= 0.3 is 0 Å². The van der Waals surface area contributed by atoms with E-state index < -0.39 is 22.9 Å². The molecule has 1 aliphatic carbocycles. The lowest BCUT2D eigenvalue weighted by Gasteiger charge is -2.40. The van der Waals surface area contributed by atoms with Gasteiger partial charge in [-0.2, -0.15) is 0 Å². The average molecular weight is 533 g/mol. The lowest BCUT2D eigenvalue weighted by molar-refractivity contribution is -0.0945. The minimum Gasteiger partial charge on any atom is -0.413 e. The van der Waals surface area contributed by atoms with Crippen molar-refractivity contribution in [2.24, 2.45) is 11.8 Å². The summed E-state index contributed by atoms with van der Waals surface area (Å²) in [6.45, 7) is 23.2. The topological polar surface area (TPSA) is 47.9 Å². The third-order valence-corrected chi connectivity index (χ3v) is 18.3. The SMILES string of the molecule is CC(C)(C)[Si](C)(C)O[C@H](/C=C/[C@@H]1[C@H]2CC(O)O[C@H]2C[C@H]1O[Si](C)(C)C(C)(C)C)CCc1ccccc1. The van der Waals surface area contributed by atoms with Crippen LogP contribution >= 0.6 is 0 Å². The second kappa shape index (κ2) is 11.1. The zero-order valence-electron chi connectivity index (χ0n) is 24.5. The van der Waals surface area contributed by atoms with E-state index in [-0.39, 0.29) is 34.3 Å². The van der Waals surface area contributed by atoms with Crippen molar-refractivity contribution in [2.45, 2.75) is 128 Å². The highest BCUT2D eigenvalue weighted by atomic mass is 28.4. The molecule has 0 radical (unpaired) electrons. The number of hydrogen-bond acceptors (Lipinski definition) is 4. The van der Waals surface area contributed by atoms with Crippen molar-refractivity contribution in [1.29, 1.82) is 0 Å². The van der Waals surface area contributed by atoms with Crippen molar-refractivity contribution < 1.29 is 18.7 Å². The second-order valence-corrected chi connectivity index (χ2v) is 23.6. The lowest BCUT2D eigenvalue weighted by Crippen LogP contribution is -2.45. The van der Waals surface area contributed by atoms with E-state index >= 15 is 0 Å². The van der Waals surface area contributed by atoms with Crippen LogP contribution in [0.15, 0.2) is 42.5 Å². The minimum atomic E-state index is -1.94. The molecular formula is C30H52O4Si2. The molecule has 1 heterocycles. The summed E-state index contributed by atoms with van der Waals surface area (Å²) in [6, 6.07) is 10.7. The van der Waals surface area contributed by atoms with Gasteiger partial charge in [0.05, 0.1) is 18.3 Å². The van der Waals surface area contributed by atoms with Crippen LogP contribution in [0.1, 0.15) is 66.4 Å². The number of aliphatic hydroxyl groups excluding tert-OH is 1. The smallest absolute Gasteiger partial charge is 0.192 e. The molecular weight excluding hydrogens is 480 g/mol. The summed E-state index contributed by atoms with van der Waals surface area (Å²) in [5.41, 5.74) is 1.35. The van der Waals surface area contributed by atoms with Crippen molar-refractivity contribution in [2.75, 3.05) is 0 Å². The van der Waals surface area contributed by atoms with E-state index in [2.05, 4.69) is 110 Å². The van der Waals surface area contributed by atoms with Gasteiger partial charge in [-0.25, -0.2) is 0 Å². The number of aryl methyl sites for hydroxylation is 1. The Labute approximate surface area is 223 Å². The van der Waals surface area contributed by atoms with E-state index in [1.54, 1.807) is 0 Å². The Bertz CT molecular complexity index is 869. The number of hydrogen-bond donors (Lipinski definition) is 1. The van der Waals surface area contributed by atoms with Crippen molar-refractivity contribution in [3.63, 3.8) is 0 Å². The first-order chi connectivity index (χ1) is 16.5. The first kappa shape index (κ1) is 29.8. The summed E-state index contributed by atoms with van der Waals surface area (Å²) in [4.78, 5) is 0. The molecule has 1 unspecified atom stereocenters.